The molecule has 36 nitrogen and oxygen atoms in total. The Kier molecular flexibility index (Phi) is 27.1. The Morgan fingerprint density at radius 2 is 1.44 bits per heavy atom. The molecule has 562 valence electrons. The minimum Gasteiger partial charge on any atom is -0.452 e. The van der Waals surface area contributed by atoms with Gasteiger partial charge in [0.1, 0.15) is 115 Å². The summed E-state index contributed by atoms with van der Waals surface area (Å²) in [5.74, 6) is -2.86. The minimum atomic E-state index is -4.36. The van der Waals surface area contributed by atoms with E-state index in [0.29, 0.717) is 73.2 Å². The Hall–Kier alpha value is -6.60. The van der Waals surface area contributed by atoms with E-state index >= 15 is 0 Å². The summed E-state index contributed by atoms with van der Waals surface area (Å²) >= 11 is 0. The topological polar surface area (TPSA) is 530 Å². The van der Waals surface area contributed by atoms with Gasteiger partial charge in [0.15, 0.2) is 30.4 Å². The van der Waals surface area contributed by atoms with Crippen molar-refractivity contribution in [3.8, 4) is 11.5 Å². The fraction of sp³-hybridized carbons (Fsp3) is 0.703. The molecule has 0 bridgehead atoms. The number of fused-ring (bicyclic) bond motifs is 4. The molecule has 1 unspecified atom stereocenters. The normalized spacial score (nSPS) is 28.9. The number of rotatable bonds is 33. The van der Waals surface area contributed by atoms with Crippen LogP contribution in [0.15, 0.2) is 35.5 Å². The average molecular weight is 1450 g/mol. The number of primary amides is 1. The van der Waals surface area contributed by atoms with Crippen LogP contribution in [0.1, 0.15) is 115 Å². The summed E-state index contributed by atoms with van der Waals surface area (Å²) in [6.07, 6.45) is -19.9. The summed E-state index contributed by atoms with van der Waals surface area (Å²) in [6.45, 7) is 6.79. The minimum absolute atomic E-state index is 0.117. The predicted molar refractivity (Wildman–Crippen MR) is 349 cm³/mol. The molecule has 7 heterocycles. The van der Waals surface area contributed by atoms with Crippen LogP contribution in [0.4, 0.5) is 11.4 Å². The van der Waals surface area contributed by atoms with Gasteiger partial charge in [-0.1, -0.05) is 5.21 Å². The van der Waals surface area contributed by atoms with Gasteiger partial charge in [-0.25, -0.2) is 9.57 Å². The summed E-state index contributed by atoms with van der Waals surface area (Å²) < 4.78 is 78.9. The number of carbonyl (C=O) groups is 5. The van der Waals surface area contributed by atoms with Crippen LogP contribution in [0, 0.1) is 0 Å². The van der Waals surface area contributed by atoms with Crippen LogP contribution >= 0.6 is 0 Å². The Bertz CT molecular complexity index is 3630. The highest BCUT2D eigenvalue weighted by Crippen LogP contribution is 2.49. The summed E-state index contributed by atoms with van der Waals surface area (Å²) in [5, 5.41) is 125. The van der Waals surface area contributed by atoms with Crippen LogP contribution in [0.3, 0.4) is 0 Å². The van der Waals surface area contributed by atoms with Crippen molar-refractivity contribution in [2.45, 2.75) is 227 Å². The smallest absolute Gasteiger partial charge is 0.265 e. The summed E-state index contributed by atoms with van der Waals surface area (Å²) in [7, 11) is -4.36. The zero-order chi connectivity index (χ0) is 73.2. The lowest BCUT2D eigenvalue weighted by atomic mass is 9.79. The van der Waals surface area contributed by atoms with Crippen molar-refractivity contribution < 1.29 is 121 Å². The van der Waals surface area contributed by atoms with Crippen molar-refractivity contribution >= 4 is 51.0 Å². The quantitative estimate of drug-likeness (QED) is 0.0120. The highest BCUT2D eigenvalue weighted by molar-refractivity contribution is 7.85. The number of nitrogens with two attached hydrogens (primary N) is 1. The first-order valence-electron chi connectivity index (χ1n) is 34.0. The molecule has 5 amide bonds. The average Bonchev–Trinajstić information content (AvgIpc) is 1.02. The number of aromatic nitrogens is 3. The number of unbranched alkanes of at least 4 members (excludes halogenated alkanes) is 2. The highest BCUT2D eigenvalue weighted by Gasteiger charge is 2.53. The van der Waals surface area contributed by atoms with Crippen molar-refractivity contribution in [1.29, 1.82) is 0 Å². The van der Waals surface area contributed by atoms with E-state index in [9.17, 15) is 88.0 Å². The van der Waals surface area contributed by atoms with Crippen LogP contribution in [-0.2, 0) is 82.1 Å². The predicted octanol–water partition coefficient (Wildman–Crippen LogP) is -5.75. The molecule has 9 rings (SSSR count). The van der Waals surface area contributed by atoms with Gasteiger partial charge >= 0.3 is 0 Å². The van der Waals surface area contributed by atoms with E-state index < -0.39 is 188 Å². The van der Waals surface area contributed by atoms with Gasteiger partial charge in [-0.3, -0.25) is 33.2 Å². The van der Waals surface area contributed by atoms with Gasteiger partial charge in [-0.2, -0.15) is 8.42 Å². The molecule has 6 aliphatic rings. The number of nitrogens with zero attached hydrogens (tertiary/aromatic N) is 6. The number of amides is 5. The number of carbonyl (C=O) groups excluding carboxylic acids is 5. The van der Waals surface area contributed by atoms with Gasteiger partial charge in [0, 0.05) is 68.2 Å². The molecule has 18 atom stereocenters. The van der Waals surface area contributed by atoms with Crippen LogP contribution in [0.5, 0.6) is 11.5 Å². The van der Waals surface area contributed by atoms with Crippen molar-refractivity contribution in [2.24, 2.45) is 10.7 Å². The van der Waals surface area contributed by atoms with Crippen molar-refractivity contribution in [3.63, 3.8) is 0 Å². The number of anilines is 1. The fourth-order valence-corrected chi connectivity index (χ4v) is 14.4. The first-order chi connectivity index (χ1) is 48.0. The lowest BCUT2D eigenvalue weighted by Gasteiger charge is -2.48. The molecule has 0 radical (unpaired) electrons. The van der Waals surface area contributed by atoms with Crippen molar-refractivity contribution in [2.75, 3.05) is 63.2 Å². The molecule has 3 saturated heterocycles. The molecule has 3 fully saturated rings. The first-order valence-corrected chi connectivity index (χ1v) is 35.6. The van der Waals surface area contributed by atoms with E-state index in [0.717, 1.165) is 37.0 Å². The number of ether oxygens (including phenoxy) is 7. The SMILES string of the molecule is CC[N+]1=c2cc3c(cc2CCC1)=Nc1cc2c(cc1O3)N(CCCC(=O)NCCCC[C@H](NC(=O)CNC(=O)[C@H](CCCCn1cc(CO[C@H]3O[C@H](CO[C@H]4O[C@H](CO)[C@@H](O)[C@H](O)[C@@H]4O)[C@@H](O)[C@H](O[C@H]4O[C@H](CO)[C@@H](O)[C@H](O)[C@@H]4O)[C@@H]3O)nn1)NC(C)=O)C(N)=O)C(C)(C)CC2CS(=O)(=O)O. The second-order valence-electron chi connectivity index (χ2n) is 26.9. The van der Waals surface area contributed by atoms with Crippen LogP contribution in [0.25, 0.3) is 0 Å². The molecule has 6 aliphatic heterocycles. The molecule has 37 heteroatoms. The second-order valence-corrected chi connectivity index (χ2v) is 28.4. The van der Waals surface area contributed by atoms with Crippen LogP contribution in [-0.4, -0.2) is 277 Å². The van der Waals surface area contributed by atoms with Gasteiger partial charge in [0.05, 0.1) is 51.0 Å². The van der Waals surface area contributed by atoms with Crippen molar-refractivity contribution in [3.05, 3.63) is 58.0 Å². The number of aliphatic hydroxyl groups is 10. The number of aryl methyl sites for hydroxylation is 2. The summed E-state index contributed by atoms with van der Waals surface area (Å²) in [4.78, 5) is 71.3. The molecule has 0 aliphatic carbocycles. The van der Waals surface area contributed by atoms with Crippen molar-refractivity contribution in [1.82, 2.24) is 40.8 Å². The number of hydrogen-bond donors (Lipinski definition) is 16. The lowest BCUT2D eigenvalue weighted by molar-refractivity contribution is -0.367. The maximum atomic E-state index is 13.3. The Balaban J connectivity index is 0.699. The fourth-order valence-electron chi connectivity index (χ4n) is 13.6. The summed E-state index contributed by atoms with van der Waals surface area (Å²) in [6, 6.07) is 5.63. The highest BCUT2D eigenvalue weighted by atomic mass is 32.2. The number of hydrogen-bond acceptors (Lipinski definition) is 28. The zero-order valence-electron chi connectivity index (χ0n) is 56.6. The first kappa shape index (κ1) is 78.5. The van der Waals surface area contributed by atoms with Crippen LogP contribution < -0.4 is 51.9 Å². The van der Waals surface area contributed by atoms with E-state index in [1.807, 2.05) is 32.0 Å². The van der Waals surface area contributed by atoms with E-state index in [4.69, 9.17) is 43.9 Å². The third-order valence-corrected chi connectivity index (χ3v) is 19.8. The summed E-state index contributed by atoms with van der Waals surface area (Å²) in [5.41, 5.74) is 8.42. The molecular formula is C64H96N11O25S+. The van der Waals surface area contributed by atoms with Gasteiger partial charge in [0.2, 0.25) is 34.9 Å². The maximum Gasteiger partial charge on any atom is 0.265 e. The van der Waals surface area contributed by atoms with Crippen LogP contribution in [0.2, 0.25) is 0 Å². The molecular weight excluding hydrogens is 1350 g/mol. The third-order valence-electron chi connectivity index (χ3n) is 18.9. The van der Waals surface area contributed by atoms with E-state index in [-0.39, 0.29) is 44.0 Å². The monoisotopic (exact) mass is 1450 g/mol. The zero-order valence-corrected chi connectivity index (χ0v) is 57.5. The second kappa shape index (κ2) is 34.8. The molecule has 0 saturated carbocycles. The Labute approximate surface area is 581 Å². The largest absolute Gasteiger partial charge is 0.452 e. The standard InChI is InChI=1S/C64H95N11O25S/c1-5-73-17-10-12-33-20-39-43(22-41(33)73)96-44-23-42-36(21-40(44)69-39)34(31-101(91,92)93)24-64(3,4)75(42)19-11-15-48(79)66-16-8-6-13-37(59(65)89)70-49(80)25-67-60(90)38(68-32(2)78)14-7-9-18-74-26-35(71-72-74)29-94-62-57(88)58(100-63-56(87)54(85)51(82)46(28-77)98-63)52(83)47(99-62)30-95-61-55(86)53(84)50(81)45(27-76)97-61/h20-23,26,34,37-38,45-47,50-58,61-63,76-77,81-88H,5-19,24-25,27-31H2,1-4H3,(H6-,65,66,67,68,70,78,79,80,89,90,91,92,93)/p+1/t34?,37-,38-,45+,46+,47+,50+,51+,52+,53-,54-,55-,56-,57-,58-,61-,62-,63+/m0/s1. The molecule has 3 aromatic rings. The Morgan fingerprint density at radius 3 is 2.12 bits per heavy atom. The molecule has 0 spiro atoms. The van der Waals surface area contributed by atoms with Gasteiger partial charge < -0.3 is 116 Å². The third kappa shape index (κ3) is 19.8. The van der Waals surface area contributed by atoms with Gasteiger partial charge in [-0.05, 0) is 96.3 Å². The van der Waals surface area contributed by atoms with Gasteiger partial charge in [0.25, 0.3) is 10.1 Å². The molecule has 17 N–H and O–H groups in total. The van der Waals surface area contributed by atoms with Gasteiger partial charge in [-0.15, -0.1) is 5.10 Å². The van der Waals surface area contributed by atoms with E-state index in [2.05, 4.69) is 54.0 Å². The van der Waals surface area contributed by atoms with E-state index in [1.54, 1.807) is 0 Å². The Morgan fingerprint density at radius 1 is 0.762 bits per heavy atom. The maximum absolute atomic E-state index is 13.3. The molecule has 101 heavy (non-hydrogen) atoms. The lowest BCUT2D eigenvalue weighted by Crippen LogP contribution is -2.65. The van der Waals surface area contributed by atoms with E-state index in [1.165, 1.54) is 23.4 Å². The molecule has 1 aromatic heterocycles. The number of aliphatic hydroxyl groups excluding tert-OH is 10. The number of benzene rings is 2. The molecule has 2 aromatic carbocycles. The number of nitrogens with one attached hydrogen (secondary N) is 4.